The fraction of sp³-hybridized carbons (Fsp3) is 0.0833. The minimum Gasteiger partial charge on any atom is -0.321 e. The van der Waals surface area contributed by atoms with Crippen LogP contribution in [-0.4, -0.2) is 15.9 Å². The zero-order valence-corrected chi connectivity index (χ0v) is 9.18. The molecule has 4 nitrogen and oxygen atoms in total. The van der Waals surface area contributed by atoms with Gasteiger partial charge in [0, 0.05) is 29.8 Å². The van der Waals surface area contributed by atoms with E-state index in [-0.39, 0.29) is 11.3 Å². The van der Waals surface area contributed by atoms with Gasteiger partial charge in [0.15, 0.2) is 0 Å². The number of nitrogens with one attached hydrogen (secondary N) is 1. The highest BCUT2D eigenvalue weighted by Crippen LogP contribution is 2.17. The number of nitrogens with zero attached hydrogens (tertiary/aromatic N) is 2. The average Bonchev–Trinajstić information content (AvgIpc) is 2.40. The lowest BCUT2D eigenvalue weighted by atomic mass is 10.2. The van der Waals surface area contributed by atoms with Gasteiger partial charge >= 0.3 is 0 Å². The summed E-state index contributed by atoms with van der Waals surface area (Å²) in [6.07, 6.45) is 1.47. The molecule has 0 bridgehead atoms. The lowest BCUT2D eigenvalue weighted by Crippen LogP contribution is -2.13. The number of pyridine rings is 2. The zero-order chi connectivity index (χ0) is 13.0. The molecule has 0 aliphatic carbocycles. The van der Waals surface area contributed by atoms with Crippen molar-refractivity contribution in [3.63, 3.8) is 0 Å². The molecule has 0 radical (unpaired) electrons. The van der Waals surface area contributed by atoms with Crippen molar-refractivity contribution in [2.75, 3.05) is 5.32 Å². The summed E-state index contributed by atoms with van der Waals surface area (Å²) in [6.45, 7) is 0. The smallest absolute Gasteiger partial charge is 0.274 e. The van der Waals surface area contributed by atoms with E-state index in [4.69, 9.17) is 0 Å². The van der Waals surface area contributed by atoms with Crippen LogP contribution in [0, 0.1) is 0 Å². The highest BCUT2D eigenvalue weighted by Gasteiger charge is 2.11. The standard InChI is InChI=1S/C12H9F2N3O/c13-11(14)8-1-2-10(16-7-8)12(18)17-9-3-5-15-6-4-9/h1-7,11H,(H,15,17,18). The number of amides is 1. The van der Waals surface area contributed by atoms with Gasteiger partial charge in [0.05, 0.1) is 0 Å². The quantitative estimate of drug-likeness (QED) is 0.909. The van der Waals surface area contributed by atoms with Crippen LogP contribution in [0.25, 0.3) is 0 Å². The van der Waals surface area contributed by atoms with Gasteiger partial charge in [-0.05, 0) is 24.3 Å². The second-order valence-electron chi connectivity index (χ2n) is 3.47. The van der Waals surface area contributed by atoms with E-state index in [9.17, 15) is 13.6 Å². The van der Waals surface area contributed by atoms with Crippen LogP contribution in [0.4, 0.5) is 14.5 Å². The van der Waals surface area contributed by atoms with E-state index in [0.717, 1.165) is 6.20 Å². The Bertz CT molecular complexity index is 529. The van der Waals surface area contributed by atoms with Crippen LogP contribution in [0.1, 0.15) is 22.5 Å². The van der Waals surface area contributed by atoms with Crippen molar-refractivity contribution >= 4 is 11.6 Å². The number of anilines is 1. The van der Waals surface area contributed by atoms with Crippen molar-refractivity contribution in [1.29, 1.82) is 0 Å². The molecule has 2 rings (SSSR count). The summed E-state index contributed by atoms with van der Waals surface area (Å²) >= 11 is 0. The van der Waals surface area contributed by atoms with Crippen LogP contribution in [0.15, 0.2) is 42.9 Å². The largest absolute Gasteiger partial charge is 0.321 e. The summed E-state index contributed by atoms with van der Waals surface area (Å²) in [5.41, 5.74) is 0.432. The van der Waals surface area contributed by atoms with Gasteiger partial charge in [-0.25, -0.2) is 8.78 Å². The number of aromatic nitrogens is 2. The molecule has 0 aliphatic heterocycles. The molecular formula is C12H9F2N3O. The Morgan fingerprint density at radius 3 is 2.44 bits per heavy atom. The summed E-state index contributed by atoms with van der Waals surface area (Å²) in [4.78, 5) is 19.2. The fourth-order valence-corrected chi connectivity index (χ4v) is 1.30. The molecular weight excluding hydrogens is 240 g/mol. The van der Waals surface area contributed by atoms with Crippen LogP contribution in [0.3, 0.4) is 0 Å². The maximum Gasteiger partial charge on any atom is 0.274 e. The van der Waals surface area contributed by atoms with Crippen molar-refractivity contribution in [3.8, 4) is 0 Å². The second kappa shape index (κ2) is 5.31. The van der Waals surface area contributed by atoms with Gasteiger partial charge in [-0.15, -0.1) is 0 Å². The van der Waals surface area contributed by atoms with Crippen LogP contribution in [0.5, 0.6) is 0 Å². The molecule has 0 spiro atoms. The molecule has 0 saturated carbocycles. The summed E-state index contributed by atoms with van der Waals surface area (Å²) in [5.74, 6) is -0.456. The SMILES string of the molecule is O=C(Nc1ccncc1)c1ccc(C(F)F)cn1. The van der Waals surface area contributed by atoms with Crippen molar-refractivity contribution in [2.45, 2.75) is 6.43 Å². The highest BCUT2D eigenvalue weighted by atomic mass is 19.3. The number of hydrogen-bond donors (Lipinski definition) is 1. The van der Waals surface area contributed by atoms with E-state index >= 15 is 0 Å². The molecule has 0 fully saturated rings. The van der Waals surface area contributed by atoms with E-state index < -0.39 is 12.3 Å². The summed E-state index contributed by atoms with van der Waals surface area (Å²) in [5, 5.41) is 2.58. The second-order valence-corrected chi connectivity index (χ2v) is 3.47. The molecule has 6 heteroatoms. The number of rotatable bonds is 3. The fourth-order valence-electron chi connectivity index (χ4n) is 1.30. The normalized spacial score (nSPS) is 10.4. The van der Waals surface area contributed by atoms with Crippen molar-refractivity contribution in [2.24, 2.45) is 0 Å². The van der Waals surface area contributed by atoms with Gasteiger partial charge in [0.1, 0.15) is 5.69 Å². The van der Waals surface area contributed by atoms with E-state index in [0.29, 0.717) is 5.69 Å². The minimum atomic E-state index is -2.59. The molecule has 0 atom stereocenters. The summed E-state index contributed by atoms with van der Waals surface area (Å²) in [7, 11) is 0. The van der Waals surface area contributed by atoms with Gasteiger partial charge in [0.2, 0.25) is 0 Å². The van der Waals surface area contributed by atoms with Gasteiger partial charge < -0.3 is 5.32 Å². The van der Waals surface area contributed by atoms with Crippen LogP contribution in [-0.2, 0) is 0 Å². The van der Waals surface area contributed by atoms with Gasteiger partial charge in [-0.1, -0.05) is 0 Å². The maximum atomic E-state index is 12.3. The average molecular weight is 249 g/mol. The lowest BCUT2D eigenvalue weighted by molar-refractivity contribution is 0.102. The number of halogens is 2. The Morgan fingerprint density at radius 2 is 1.89 bits per heavy atom. The van der Waals surface area contributed by atoms with E-state index in [1.165, 1.54) is 24.5 Å². The molecule has 1 N–H and O–H groups in total. The zero-order valence-electron chi connectivity index (χ0n) is 9.18. The third-order valence-corrected chi connectivity index (χ3v) is 2.21. The molecule has 0 unspecified atom stereocenters. The molecule has 18 heavy (non-hydrogen) atoms. The molecule has 0 saturated heterocycles. The third-order valence-electron chi connectivity index (χ3n) is 2.21. The molecule has 2 aromatic rings. The molecule has 92 valence electrons. The Morgan fingerprint density at radius 1 is 1.17 bits per heavy atom. The minimum absolute atomic E-state index is 0.0798. The Balaban J connectivity index is 2.10. The highest BCUT2D eigenvalue weighted by molar-refractivity contribution is 6.02. The third kappa shape index (κ3) is 2.85. The van der Waals surface area contributed by atoms with Gasteiger partial charge in [-0.3, -0.25) is 14.8 Å². The van der Waals surface area contributed by atoms with Crippen LogP contribution in [0.2, 0.25) is 0 Å². The first-order valence-corrected chi connectivity index (χ1v) is 5.12. The lowest BCUT2D eigenvalue weighted by Gasteiger charge is -2.04. The van der Waals surface area contributed by atoms with Crippen molar-refractivity contribution < 1.29 is 13.6 Å². The Labute approximate surface area is 102 Å². The molecule has 1 amide bonds. The first kappa shape index (κ1) is 12.1. The number of hydrogen-bond acceptors (Lipinski definition) is 3. The van der Waals surface area contributed by atoms with E-state index in [1.807, 2.05) is 0 Å². The molecule has 2 heterocycles. The summed E-state index contributed by atoms with van der Waals surface area (Å²) < 4.78 is 24.6. The van der Waals surface area contributed by atoms with Crippen LogP contribution >= 0.6 is 0 Å². The Kier molecular flexibility index (Phi) is 3.57. The number of alkyl halides is 2. The Hall–Kier alpha value is -2.37. The van der Waals surface area contributed by atoms with E-state index in [1.54, 1.807) is 12.1 Å². The first-order valence-electron chi connectivity index (χ1n) is 5.12. The first-order chi connectivity index (χ1) is 8.66. The number of carbonyl (C=O) groups excluding carboxylic acids is 1. The molecule has 2 aromatic heterocycles. The topological polar surface area (TPSA) is 54.9 Å². The summed E-state index contributed by atoms with van der Waals surface area (Å²) in [6, 6.07) is 5.67. The maximum absolute atomic E-state index is 12.3. The van der Waals surface area contributed by atoms with Crippen LogP contribution < -0.4 is 5.32 Å². The molecule has 0 aliphatic rings. The van der Waals surface area contributed by atoms with Gasteiger partial charge in [0.25, 0.3) is 12.3 Å². The monoisotopic (exact) mass is 249 g/mol. The van der Waals surface area contributed by atoms with E-state index in [2.05, 4.69) is 15.3 Å². The van der Waals surface area contributed by atoms with Gasteiger partial charge in [-0.2, -0.15) is 0 Å². The predicted molar refractivity (Wildman–Crippen MR) is 61.4 cm³/mol. The van der Waals surface area contributed by atoms with Crippen molar-refractivity contribution in [1.82, 2.24) is 9.97 Å². The molecule has 0 aromatic carbocycles. The van der Waals surface area contributed by atoms with Crippen molar-refractivity contribution in [3.05, 3.63) is 54.1 Å². The predicted octanol–water partition coefficient (Wildman–Crippen LogP) is 2.67. The number of carbonyl (C=O) groups is 1.